The van der Waals surface area contributed by atoms with Gasteiger partial charge in [0.25, 0.3) is 0 Å². The van der Waals surface area contributed by atoms with E-state index in [0.717, 1.165) is 12.8 Å². The molecule has 2 atom stereocenters. The first-order valence-electron chi connectivity index (χ1n) is 5.47. The summed E-state index contributed by atoms with van der Waals surface area (Å²) in [4.78, 5) is 21.5. The third kappa shape index (κ3) is 3.67. The molecule has 98 valence electrons. The number of nitrogens with zero attached hydrogens (tertiary/aromatic N) is 1. The maximum absolute atomic E-state index is 12.1. The van der Waals surface area contributed by atoms with Crippen LogP contribution in [0, 0.1) is 16.7 Å². The molecule has 0 heterocycles. The van der Waals surface area contributed by atoms with E-state index in [9.17, 15) is 22.9 Å². The minimum Gasteiger partial charge on any atom is -0.343 e. The van der Waals surface area contributed by atoms with Gasteiger partial charge in [0.15, 0.2) is 0 Å². The first kappa shape index (κ1) is 13.9. The molecule has 0 aliphatic heterocycles. The highest BCUT2D eigenvalue weighted by Gasteiger charge is 2.45. The molecule has 1 rings (SSSR count). The summed E-state index contributed by atoms with van der Waals surface area (Å²) in [6.07, 6.45) is -3.37. The molecule has 0 saturated heterocycles. The quantitative estimate of drug-likeness (QED) is 0.763. The van der Waals surface area contributed by atoms with Crippen LogP contribution in [0.25, 0.3) is 0 Å². The third-order valence-corrected chi connectivity index (χ3v) is 2.87. The van der Waals surface area contributed by atoms with E-state index >= 15 is 0 Å². The highest BCUT2D eigenvalue weighted by molar-refractivity contribution is 5.82. The Kier molecular flexibility index (Phi) is 4.11. The molecule has 0 bridgehead atoms. The molecule has 0 spiro atoms. The van der Waals surface area contributed by atoms with E-state index < -0.39 is 24.2 Å². The molecule has 7 heteroatoms. The molecule has 1 unspecified atom stereocenters. The van der Waals surface area contributed by atoms with Crippen molar-refractivity contribution in [3.8, 4) is 0 Å². The molecule has 1 aliphatic carbocycles. The predicted octanol–water partition coefficient (Wildman–Crippen LogP) is 2.23. The Morgan fingerprint density at radius 1 is 1.35 bits per heavy atom. The van der Waals surface area contributed by atoms with Gasteiger partial charge in [0.05, 0.1) is 6.04 Å². The molecular formula is C10H15F3N2O2. The van der Waals surface area contributed by atoms with Gasteiger partial charge < -0.3 is 5.32 Å². The van der Waals surface area contributed by atoms with E-state index in [1.807, 2.05) is 5.32 Å². The molecule has 1 saturated carbocycles. The summed E-state index contributed by atoms with van der Waals surface area (Å²) in [5.74, 6) is -2.27. The van der Waals surface area contributed by atoms with Gasteiger partial charge in [-0.25, -0.2) is 0 Å². The topological polar surface area (TPSA) is 58.5 Å². The van der Waals surface area contributed by atoms with Crippen LogP contribution in [-0.4, -0.2) is 24.2 Å². The van der Waals surface area contributed by atoms with E-state index in [2.05, 4.69) is 5.18 Å². The number of nitroso groups, excluding NO2 is 1. The van der Waals surface area contributed by atoms with Crippen LogP contribution in [0.2, 0.25) is 0 Å². The molecule has 17 heavy (non-hydrogen) atoms. The smallest absolute Gasteiger partial charge is 0.343 e. The fourth-order valence-corrected chi connectivity index (χ4v) is 1.76. The number of hydrogen-bond donors (Lipinski definition) is 1. The maximum atomic E-state index is 12.1. The first-order chi connectivity index (χ1) is 7.77. The number of halogens is 3. The average Bonchev–Trinajstić information content (AvgIpc) is 2.99. The second-order valence-corrected chi connectivity index (χ2v) is 4.67. The minimum absolute atomic E-state index is 0.00781. The van der Waals surface area contributed by atoms with Gasteiger partial charge in [-0.15, -0.1) is 0 Å². The van der Waals surface area contributed by atoms with Crippen LogP contribution < -0.4 is 5.32 Å². The van der Waals surface area contributed by atoms with E-state index in [-0.39, 0.29) is 11.8 Å². The third-order valence-electron chi connectivity index (χ3n) is 2.87. The predicted molar refractivity (Wildman–Crippen MR) is 55.1 cm³/mol. The summed E-state index contributed by atoms with van der Waals surface area (Å²) in [6, 6.07) is -1.62. The molecular weight excluding hydrogens is 237 g/mol. The number of carbonyl (C=O) groups excluding carboxylic acids is 1. The van der Waals surface area contributed by atoms with Crippen molar-refractivity contribution in [3.63, 3.8) is 0 Å². The molecule has 0 aromatic heterocycles. The van der Waals surface area contributed by atoms with Crippen molar-refractivity contribution in [1.82, 2.24) is 5.32 Å². The molecule has 1 fully saturated rings. The molecule has 4 nitrogen and oxygen atoms in total. The van der Waals surface area contributed by atoms with Gasteiger partial charge in [-0.05, 0) is 24.7 Å². The average molecular weight is 252 g/mol. The highest BCUT2D eigenvalue weighted by Crippen LogP contribution is 2.37. The first-order valence-corrected chi connectivity index (χ1v) is 5.47. The monoisotopic (exact) mass is 252 g/mol. The van der Waals surface area contributed by atoms with Crippen LogP contribution in [0.15, 0.2) is 5.18 Å². The fourth-order valence-electron chi connectivity index (χ4n) is 1.76. The Labute approximate surface area is 96.9 Å². The summed E-state index contributed by atoms with van der Waals surface area (Å²) < 4.78 is 36.4. The molecule has 0 radical (unpaired) electrons. The van der Waals surface area contributed by atoms with Gasteiger partial charge in [-0.2, -0.15) is 18.1 Å². The molecule has 1 aliphatic rings. The van der Waals surface area contributed by atoms with Gasteiger partial charge in [0, 0.05) is 0 Å². The SMILES string of the molecule is CC(C)[C@H](NC(=O)C(F)(F)F)C(N=O)C1CC1. The summed E-state index contributed by atoms with van der Waals surface area (Å²) >= 11 is 0. The Morgan fingerprint density at radius 2 is 1.88 bits per heavy atom. The van der Waals surface area contributed by atoms with Crippen molar-refractivity contribution in [1.29, 1.82) is 0 Å². The van der Waals surface area contributed by atoms with E-state index in [1.165, 1.54) is 0 Å². The van der Waals surface area contributed by atoms with Crippen molar-refractivity contribution in [2.45, 2.75) is 44.9 Å². The van der Waals surface area contributed by atoms with Crippen LogP contribution in [0.1, 0.15) is 26.7 Å². The minimum atomic E-state index is -4.93. The number of hydrogen-bond acceptors (Lipinski definition) is 3. The van der Waals surface area contributed by atoms with Gasteiger partial charge >= 0.3 is 12.1 Å². The number of nitrogens with one attached hydrogen (secondary N) is 1. The lowest BCUT2D eigenvalue weighted by molar-refractivity contribution is -0.174. The Bertz CT molecular complexity index is 300. The van der Waals surface area contributed by atoms with Gasteiger partial charge in [0.2, 0.25) is 0 Å². The van der Waals surface area contributed by atoms with Gasteiger partial charge in [-0.3, -0.25) is 4.79 Å². The Hall–Kier alpha value is -1.14. The van der Waals surface area contributed by atoms with Crippen molar-refractivity contribution in [2.75, 3.05) is 0 Å². The summed E-state index contributed by atoms with van der Waals surface area (Å²) in [7, 11) is 0. The lowest BCUT2D eigenvalue weighted by Gasteiger charge is -2.26. The van der Waals surface area contributed by atoms with Crippen LogP contribution in [-0.2, 0) is 4.79 Å². The lowest BCUT2D eigenvalue weighted by Crippen LogP contribution is -2.51. The summed E-state index contributed by atoms with van der Waals surface area (Å²) in [5.41, 5.74) is 0. The van der Waals surface area contributed by atoms with Crippen LogP contribution in [0.5, 0.6) is 0 Å². The van der Waals surface area contributed by atoms with Crippen LogP contribution in [0.4, 0.5) is 13.2 Å². The van der Waals surface area contributed by atoms with Gasteiger partial charge in [-0.1, -0.05) is 19.0 Å². The van der Waals surface area contributed by atoms with Crippen LogP contribution >= 0.6 is 0 Å². The second kappa shape index (κ2) is 5.01. The number of alkyl halides is 3. The van der Waals surface area contributed by atoms with Crippen LogP contribution in [0.3, 0.4) is 0 Å². The van der Waals surface area contributed by atoms with E-state index in [1.54, 1.807) is 13.8 Å². The number of amides is 1. The number of rotatable bonds is 5. The summed E-state index contributed by atoms with van der Waals surface area (Å²) in [6.45, 7) is 3.31. The lowest BCUT2D eigenvalue weighted by atomic mass is 9.93. The van der Waals surface area contributed by atoms with Crippen molar-refractivity contribution in [2.24, 2.45) is 17.0 Å². The zero-order chi connectivity index (χ0) is 13.2. The molecule has 1 amide bonds. The standard InChI is InChI=1S/C10H15F3N2O2/c1-5(2)7(8(15-17)6-3-4-6)14-9(16)10(11,12)13/h5-8H,3-4H2,1-2H3,(H,14,16)/t7-,8?/m0/s1. The zero-order valence-electron chi connectivity index (χ0n) is 9.62. The molecule has 0 aromatic carbocycles. The largest absolute Gasteiger partial charge is 0.471 e. The normalized spacial score (nSPS) is 19.9. The van der Waals surface area contributed by atoms with Gasteiger partial charge in [0.1, 0.15) is 6.04 Å². The fraction of sp³-hybridized carbons (Fsp3) is 0.900. The summed E-state index contributed by atoms with van der Waals surface area (Å²) in [5, 5.41) is 4.75. The van der Waals surface area contributed by atoms with Crippen molar-refractivity contribution >= 4 is 5.91 Å². The maximum Gasteiger partial charge on any atom is 0.471 e. The Morgan fingerprint density at radius 3 is 2.18 bits per heavy atom. The number of carbonyl (C=O) groups is 1. The van der Waals surface area contributed by atoms with E-state index in [4.69, 9.17) is 0 Å². The van der Waals surface area contributed by atoms with Crippen molar-refractivity contribution in [3.05, 3.63) is 4.91 Å². The highest BCUT2D eigenvalue weighted by atomic mass is 19.4. The van der Waals surface area contributed by atoms with E-state index in [0.29, 0.717) is 0 Å². The zero-order valence-corrected chi connectivity index (χ0v) is 9.62. The second-order valence-electron chi connectivity index (χ2n) is 4.67. The molecule has 0 aromatic rings. The Balaban J connectivity index is 2.72. The van der Waals surface area contributed by atoms with Crippen molar-refractivity contribution < 1.29 is 18.0 Å². The molecule has 1 N–H and O–H groups in total.